The van der Waals surface area contributed by atoms with Gasteiger partial charge in [0.05, 0.1) is 12.4 Å². The third-order valence-electron chi connectivity index (χ3n) is 1.09. The summed E-state index contributed by atoms with van der Waals surface area (Å²) < 4.78 is 4.89. The molecule has 0 amide bonds. The van der Waals surface area contributed by atoms with E-state index in [-0.39, 0.29) is 12.5 Å². The van der Waals surface area contributed by atoms with Crippen molar-refractivity contribution < 1.29 is 14.6 Å². The molecule has 1 atom stereocenters. The summed E-state index contributed by atoms with van der Waals surface area (Å²) >= 11 is 0. The highest BCUT2D eigenvalue weighted by atomic mass is 16.5. The van der Waals surface area contributed by atoms with E-state index in [1.807, 2.05) is 6.92 Å². The van der Waals surface area contributed by atoms with Gasteiger partial charge in [0.2, 0.25) is 0 Å². The number of carbonyl (C=O) groups is 1. The second kappa shape index (κ2) is 4.85. The molecule has 0 aromatic carbocycles. The van der Waals surface area contributed by atoms with E-state index in [2.05, 4.69) is 6.58 Å². The maximum absolute atomic E-state index is 10.0. The average Bonchev–Trinajstić information content (AvgIpc) is 1.85. The first-order valence-electron chi connectivity index (χ1n) is 3.15. The van der Waals surface area contributed by atoms with Crippen molar-refractivity contribution in [3.8, 4) is 0 Å². The van der Waals surface area contributed by atoms with Gasteiger partial charge in [-0.3, -0.25) is 4.79 Å². The highest BCUT2D eigenvalue weighted by Crippen LogP contribution is 2.00. The van der Waals surface area contributed by atoms with Crippen LogP contribution in [0.25, 0.3) is 0 Å². The molecule has 0 aromatic heterocycles. The molecule has 0 aliphatic rings. The minimum atomic E-state index is -0.792. The predicted molar refractivity (Wildman–Crippen MR) is 37.6 cm³/mol. The first-order valence-corrected chi connectivity index (χ1v) is 3.15. The van der Waals surface area contributed by atoms with Crippen molar-refractivity contribution in [3.05, 3.63) is 12.8 Å². The number of hydrogen-bond acceptors (Lipinski definition) is 2. The number of carboxylic acid groups (broad SMARTS) is 1. The van der Waals surface area contributed by atoms with Crippen molar-refractivity contribution in [1.82, 2.24) is 0 Å². The molecule has 0 fully saturated rings. The van der Waals surface area contributed by atoms with E-state index < -0.39 is 5.97 Å². The molecule has 0 radical (unpaired) electrons. The van der Waals surface area contributed by atoms with E-state index in [4.69, 9.17) is 9.84 Å². The van der Waals surface area contributed by atoms with Gasteiger partial charge in [-0.25, -0.2) is 0 Å². The molecule has 0 aliphatic carbocycles. The zero-order valence-electron chi connectivity index (χ0n) is 6.04. The second-order valence-corrected chi connectivity index (χ2v) is 2.05. The van der Waals surface area contributed by atoms with Crippen LogP contribution in [0.1, 0.15) is 19.8 Å². The number of carboxylic acids is 1. The lowest BCUT2D eigenvalue weighted by atomic mass is 10.2. The summed E-state index contributed by atoms with van der Waals surface area (Å²) in [5.74, 6) is -0.792. The molecule has 1 unspecified atom stereocenters. The molecular formula is C7H12O3. The summed E-state index contributed by atoms with van der Waals surface area (Å²) in [6, 6.07) is 0. The number of aliphatic carboxylic acids is 1. The van der Waals surface area contributed by atoms with Gasteiger partial charge in [0, 0.05) is 6.42 Å². The van der Waals surface area contributed by atoms with Crippen molar-refractivity contribution in [1.29, 1.82) is 0 Å². The molecule has 0 aromatic rings. The summed E-state index contributed by atoms with van der Waals surface area (Å²) in [4.78, 5) is 10.0. The van der Waals surface area contributed by atoms with Crippen molar-refractivity contribution in [2.24, 2.45) is 0 Å². The van der Waals surface area contributed by atoms with Gasteiger partial charge in [0.15, 0.2) is 0 Å². The Kier molecular flexibility index (Phi) is 4.37. The molecule has 0 bridgehead atoms. The smallest absolute Gasteiger partial charge is 0.303 e. The van der Waals surface area contributed by atoms with E-state index in [1.165, 1.54) is 6.26 Å². The highest BCUT2D eigenvalue weighted by molar-refractivity contribution is 5.66. The van der Waals surface area contributed by atoms with Gasteiger partial charge in [-0.15, -0.1) is 0 Å². The SMILES string of the molecule is C=COC(C)CCC(=O)O. The van der Waals surface area contributed by atoms with Crippen LogP contribution in [0, 0.1) is 0 Å². The molecule has 0 spiro atoms. The van der Waals surface area contributed by atoms with Crippen LogP contribution < -0.4 is 0 Å². The molecule has 0 saturated carbocycles. The van der Waals surface area contributed by atoms with Crippen LogP contribution in [0.3, 0.4) is 0 Å². The summed E-state index contributed by atoms with van der Waals surface area (Å²) in [5.41, 5.74) is 0. The predicted octanol–water partition coefficient (Wildman–Crippen LogP) is 1.40. The van der Waals surface area contributed by atoms with Gasteiger partial charge in [-0.05, 0) is 13.3 Å². The van der Waals surface area contributed by atoms with Crippen LogP contribution in [0.15, 0.2) is 12.8 Å². The van der Waals surface area contributed by atoms with Gasteiger partial charge < -0.3 is 9.84 Å². The summed E-state index contributed by atoms with van der Waals surface area (Å²) in [6.45, 7) is 5.17. The van der Waals surface area contributed by atoms with E-state index in [9.17, 15) is 4.79 Å². The monoisotopic (exact) mass is 144 g/mol. The van der Waals surface area contributed by atoms with Crippen LogP contribution in [-0.4, -0.2) is 17.2 Å². The Morgan fingerprint density at radius 3 is 2.90 bits per heavy atom. The summed E-state index contributed by atoms with van der Waals surface area (Å²) in [5, 5.41) is 8.25. The van der Waals surface area contributed by atoms with Gasteiger partial charge in [-0.1, -0.05) is 6.58 Å². The molecular weight excluding hydrogens is 132 g/mol. The van der Waals surface area contributed by atoms with E-state index >= 15 is 0 Å². The van der Waals surface area contributed by atoms with Crippen LogP contribution in [0.4, 0.5) is 0 Å². The van der Waals surface area contributed by atoms with Crippen LogP contribution >= 0.6 is 0 Å². The topological polar surface area (TPSA) is 46.5 Å². The Morgan fingerprint density at radius 1 is 1.90 bits per heavy atom. The Hall–Kier alpha value is -0.990. The van der Waals surface area contributed by atoms with Crippen molar-refractivity contribution >= 4 is 5.97 Å². The van der Waals surface area contributed by atoms with E-state index in [0.29, 0.717) is 6.42 Å². The van der Waals surface area contributed by atoms with Crippen molar-refractivity contribution in [3.63, 3.8) is 0 Å². The third kappa shape index (κ3) is 5.15. The van der Waals surface area contributed by atoms with E-state index in [0.717, 1.165) is 0 Å². The number of rotatable bonds is 5. The van der Waals surface area contributed by atoms with Gasteiger partial charge in [0.1, 0.15) is 0 Å². The number of hydrogen-bond donors (Lipinski definition) is 1. The molecule has 3 nitrogen and oxygen atoms in total. The van der Waals surface area contributed by atoms with Gasteiger partial charge >= 0.3 is 5.97 Å². The Balaban J connectivity index is 3.29. The minimum absolute atomic E-state index is 0.0476. The Morgan fingerprint density at radius 2 is 2.50 bits per heavy atom. The van der Waals surface area contributed by atoms with Crippen LogP contribution in [-0.2, 0) is 9.53 Å². The fraction of sp³-hybridized carbons (Fsp3) is 0.571. The van der Waals surface area contributed by atoms with Crippen molar-refractivity contribution in [2.45, 2.75) is 25.9 Å². The largest absolute Gasteiger partial charge is 0.499 e. The van der Waals surface area contributed by atoms with Gasteiger partial charge in [-0.2, -0.15) is 0 Å². The third-order valence-corrected chi connectivity index (χ3v) is 1.09. The molecule has 0 aliphatic heterocycles. The standard InChI is InChI=1S/C7H12O3/c1-3-10-6(2)4-5-7(8)9/h3,6H,1,4-5H2,2H3,(H,8,9). The first kappa shape index (κ1) is 9.01. The molecule has 3 heteroatoms. The quantitative estimate of drug-likeness (QED) is 0.593. The molecule has 0 saturated heterocycles. The Bertz CT molecular complexity index is 120. The number of ether oxygens (including phenoxy) is 1. The van der Waals surface area contributed by atoms with Crippen molar-refractivity contribution in [2.75, 3.05) is 0 Å². The maximum atomic E-state index is 10.0. The molecule has 1 N–H and O–H groups in total. The maximum Gasteiger partial charge on any atom is 0.303 e. The Labute approximate surface area is 60.3 Å². The lowest BCUT2D eigenvalue weighted by Crippen LogP contribution is -2.06. The fourth-order valence-electron chi connectivity index (χ4n) is 0.559. The zero-order chi connectivity index (χ0) is 7.98. The first-order chi connectivity index (χ1) is 4.66. The lowest BCUT2D eigenvalue weighted by molar-refractivity contribution is -0.137. The minimum Gasteiger partial charge on any atom is -0.499 e. The van der Waals surface area contributed by atoms with Gasteiger partial charge in [0.25, 0.3) is 0 Å². The molecule has 10 heavy (non-hydrogen) atoms. The molecule has 58 valence electrons. The molecule has 0 rings (SSSR count). The average molecular weight is 144 g/mol. The zero-order valence-corrected chi connectivity index (χ0v) is 6.04. The summed E-state index contributed by atoms with van der Waals surface area (Å²) in [6.07, 6.45) is 1.96. The molecule has 0 heterocycles. The summed E-state index contributed by atoms with van der Waals surface area (Å²) in [7, 11) is 0. The highest BCUT2D eigenvalue weighted by Gasteiger charge is 2.03. The lowest BCUT2D eigenvalue weighted by Gasteiger charge is -2.07. The van der Waals surface area contributed by atoms with Crippen LogP contribution in [0.5, 0.6) is 0 Å². The van der Waals surface area contributed by atoms with Crippen LogP contribution in [0.2, 0.25) is 0 Å². The van der Waals surface area contributed by atoms with E-state index in [1.54, 1.807) is 0 Å². The normalized spacial score (nSPS) is 12.1. The fourth-order valence-corrected chi connectivity index (χ4v) is 0.559. The second-order valence-electron chi connectivity index (χ2n) is 2.05.